The maximum atomic E-state index is 13.6. The van der Waals surface area contributed by atoms with E-state index in [1.54, 1.807) is 28.4 Å². The van der Waals surface area contributed by atoms with E-state index in [1.807, 2.05) is 61.4 Å². The molecule has 0 unspecified atom stereocenters. The number of ether oxygens (including phenoxy) is 1. The Balaban J connectivity index is 1.50. The van der Waals surface area contributed by atoms with Crippen molar-refractivity contribution >= 4 is 29.0 Å². The van der Waals surface area contributed by atoms with Gasteiger partial charge in [-0.05, 0) is 80.1 Å². The lowest BCUT2D eigenvalue weighted by atomic mass is 10.00. The molecule has 1 aliphatic rings. The molecule has 0 aliphatic carbocycles. The smallest absolute Gasteiger partial charge is 0.322 e. The van der Waals surface area contributed by atoms with E-state index in [9.17, 15) is 14.0 Å². The van der Waals surface area contributed by atoms with E-state index in [0.717, 1.165) is 24.0 Å². The molecule has 0 saturated carbocycles. The third-order valence-electron chi connectivity index (χ3n) is 6.63. The maximum Gasteiger partial charge on any atom is 0.322 e. The number of amides is 3. The van der Waals surface area contributed by atoms with Crippen LogP contribution in [0.25, 0.3) is 0 Å². The topological polar surface area (TPSA) is 61.9 Å². The largest absolute Gasteiger partial charge is 0.491 e. The molecule has 0 bridgehead atoms. The Morgan fingerprint density at radius 2 is 1.89 bits per heavy atom. The summed E-state index contributed by atoms with van der Waals surface area (Å²) in [6.45, 7) is 6.71. The molecule has 0 spiro atoms. The number of rotatable bonds is 8. The first-order chi connectivity index (χ1) is 17.4. The number of benzene rings is 2. The maximum absolute atomic E-state index is 13.6. The van der Waals surface area contributed by atoms with Crippen LogP contribution < -0.4 is 10.1 Å². The number of thiophene rings is 1. The number of aryl methyl sites for hydroxylation is 1. The van der Waals surface area contributed by atoms with E-state index < -0.39 is 0 Å². The van der Waals surface area contributed by atoms with Gasteiger partial charge in [0.05, 0.1) is 6.04 Å². The van der Waals surface area contributed by atoms with Crippen LogP contribution >= 0.6 is 11.3 Å². The number of nitrogens with zero attached hydrogens (tertiary/aromatic N) is 2. The van der Waals surface area contributed by atoms with Gasteiger partial charge in [0.2, 0.25) is 5.91 Å². The number of hydrogen-bond donors (Lipinski definition) is 1. The molecule has 8 heteroatoms. The number of urea groups is 1. The first-order valence-electron chi connectivity index (χ1n) is 12.2. The molecule has 190 valence electrons. The minimum absolute atomic E-state index is 0.0286. The van der Waals surface area contributed by atoms with Crippen molar-refractivity contribution in [3.63, 3.8) is 0 Å². The summed E-state index contributed by atoms with van der Waals surface area (Å²) in [7, 11) is 0. The molecule has 0 saturated heterocycles. The van der Waals surface area contributed by atoms with Gasteiger partial charge in [-0.15, -0.1) is 11.3 Å². The van der Waals surface area contributed by atoms with Crippen molar-refractivity contribution in [2.75, 3.05) is 25.0 Å². The van der Waals surface area contributed by atoms with Gasteiger partial charge in [0.25, 0.3) is 0 Å². The summed E-state index contributed by atoms with van der Waals surface area (Å²) in [5, 5.41) is 4.96. The molecule has 6 nitrogen and oxygen atoms in total. The minimum atomic E-state index is -0.328. The lowest BCUT2D eigenvalue weighted by molar-refractivity contribution is -0.135. The quantitative estimate of drug-likeness (QED) is 0.403. The molecule has 0 fully saturated rings. The van der Waals surface area contributed by atoms with E-state index in [4.69, 9.17) is 4.74 Å². The van der Waals surface area contributed by atoms with Gasteiger partial charge in [0.1, 0.15) is 24.7 Å². The van der Waals surface area contributed by atoms with Crippen molar-refractivity contribution in [1.29, 1.82) is 0 Å². The third kappa shape index (κ3) is 6.05. The van der Waals surface area contributed by atoms with Gasteiger partial charge in [-0.25, -0.2) is 9.18 Å². The average Bonchev–Trinajstić information content (AvgIpc) is 3.36. The lowest BCUT2D eigenvalue weighted by Crippen LogP contribution is -2.50. The number of nitrogens with one attached hydrogen (secondary N) is 1. The van der Waals surface area contributed by atoms with E-state index in [-0.39, 0.29) is 43.0 Å². The van der Waals surface area contributed by atoms with Crippen molar-refractivity contribution in [3.8, 4) is 5.75 Å². The highest BCUT2D eigenvalue weighted by molar-refractivity contribution is 7.10. The zero-order valence-electron chi connectivity index (χ0n) is 20.9. The second kappa shape index (κ2) is 11.6. The first-order valence-corrected chi connectivity index (χ1v) is 13.1. The molecule has 2 atom stereocenters. The normalized spacial score (nSPS) is 15.7. The summed E-state index contributed by atoms with van der Waals surface area (Å²) in [6.07, 6.45) is 1.49. The number of fused-ring (bicyclic) bond motifs is 1. The summed E-state index contributed by atoms with van der Waals surface area (Å²) in [5.41, 5.74) is 2.87. The molecular formula is C28H32FN3O3S. The summed E-state index contributed by atoms with van der Waals surface area (Å²) < 4.78 is 19.3. The van der Waals surface area contributed by atoms with Crippen molar-refractivity contribution in [2.45, 2.75) is 45.7 Å². The Kier molecular flexibility index (Phi) is 8.25. The van der Waals surface area contributed by atoms with Gasteiger partial charge in [-0.2, -0.15) is 0 Å². The number of hydrogen-bond acceptors (Lipinski definition) is 4. The number of carbonyl (C=O) groups is 2. The second-order valence-electron chi connectivity index (χ2n) is 9.10. The Bertz CT molecular complexity index is 1180. The van der Waals surface area contributed by atoms with Gasteiger partial charge < -0.3 is 19.9 Å². The highest BCUT2D eigenvalue weighted by Gasteiger charge is 2.34. The van der Waals surface area contributed by atoms with E-state index in [0.29, 0.717) is 18.0 Å². The van der Waals surface area contributed by atoms with Gasteiger partial charge in [0.15, 0.2) is 0 Å². The fourth-order valence-corrected chi connectivity index (χ4v) is 5.23. The van der Waals surface area contributed by atoms with Gasteiger partial charge in [-0.1, -0.05) is 24.6 Å². The minimum Gasteiger partial charge on any atom is -0.491 e. The standard InChI is InChI=1S/C28H32FN3O3S/c1-4-20(3)32(28(34)30-22-9-5-19(2)6-10-22)17-27(33)31-15-13-26-24(14-16-36-26)25(31)18-35-23-11-7-21(29)8-12-23/h5-12,14,16,20,25H,4,13,15,17-18H2,1-3H3,(H,30,34)/t20-,25+/m0/s1. The Hall–Kier alpha value is -3.39. The number of halogens is 1. The summed E-state index contributed by atoms with van der Waals surface area (Å²) in [6, 6.07) is 14.8. The molecule has 2 aromatic carbocycles. The van der Waals surface area contributed by atoms with Crippen LogP contribution in [0.1, 0.15) is 42.3 Å². The van der Waals surface area contributed by atoms with Crippen molar-refractivity contribution in [1.82, 2.24) is 9.80 Å². The molecule has 1 aliphatic heterocycles. The molecule has 3 amide bonds. The SMILES string of the molecule is CC[C@H](C)N(CC(=O)N1CCc2sccc2[C@H]1COc1ccc(F)cc1)C(=O)Nc1ccc(C)cc1. The van der Waals surface area contributed by atoms with Crippen molar-refractivity contribution in [3.05, 3.63) is 81.8 Å². The van der Waals surface area contributed by atoms with Crippen LogP contribution in [-0.2, 0) is 11.2 Å². The first kappa shape index (κ1) is 25.7. The lowest BCUT2D eigenvalue weighted by Gasteiger charge is -2.38. The van der Waals surface area contributed by atoms with Crippen molar-refractivity contribution in [2.24, 2.45) is 0 Å². The van der Waals surface area contributed by atoms with Crippen LogP contribution in [0.2, 0.25) is 0 Å². The van der Waals surface area contributed by atoms with Crippen molar-refractivity contribution < 1.29 is 18.7 Å². The van der Waals surface area contributed by atoms with Crippen LogP contribution in [-0.4, -0.2) is 47.5 Å². The second-order valence-corrected chi connectivity index (χ2v) is 10.1. The summed E-state index contributed by atoms with van der Waals surface area (Å²) in [5.74, 6) is 0.0924. The van der Waals surface area contributed by atoms with E-state index >= 15 is 0 Å². The predicted octanol–water partition coefficient (Wildman–Crippen LogP) is 6.03. The fraction of sp³-hybridized carbons (Fsp3) is 0.357. The number of carbonyl (C=O) groups excluding carboxylic acids is 2. The molecule has 1 N–H and O–H groups in total. The van der Waals surface area contributed by atoms with Crippen LogP contribution in [0.15, 0.2) is 60.0 Å². The molecule has 2 heterocycles. The fourth-order valence-electron chi connectivity index (χ4n) is 4.30. The van der Waals surface area contributed by atoms with Crippen LogP contribution in [0.5, 0.6) is 5.75 Å². The molecular weight excluding hydrogens is 477 g/mol. The highest BCUT2D eigenvalue weighted by Crippen LogP contribution is 2.34. The summed E-state index contributed by atoms with van der Waals surface area (Å²) >= 11 is 1.68. The Morgan fingerprint density at radius 1 is 1.17 bits per heavy atom. The highest BCUT2D eigenvalue weighted by atomic mass is 32.1. The van der Waals surface area contributed by atoms with Gasteiger partial charge >= 0.3 is 6.03 Å². The van der Waals surface area contributed by atoms with Crippen LogP contribution in [0.4, 0.5) is 14.9 Å². The number of anilines is 1. The zero-order chi connectivity index (χ0) is 25.7. The monoisotopic (exact) mass is 509 g/mol. The summed E-state index contributed by atoms with van der Waals surface area (Å²) in [4.78, 5) is 31.5. The Labute approximate surface area is 215 Å². The van der Waals surface area contributed by atoms with E-state index in [1.165, 1.54) is 17.0 Å². The Morgan fingerprint density at radius 3 is 2.58 bits per heavy atom. The zero-order valence-corrected chi connectivity index (χ0v) is 21.7. The molecule has 0 radical (unpaired) electrons. The van der Waals surface area contributed by atoms with Crippen LogP contribution in [0.3, 0.4) is 0 Å². The molecule has 3 aromatic rings. The van der Waals surface area contributed by atoms with Gasteiger partial charge in [-0.3, -0.25) is 4.79 Å². The van der Waals surface area contributed by atoms with Crippen LogP contribution in [0, 0.1) is 12.7 Å². The molecule has 1 aromatic heterocycles. The molecule has 4 rings (SSSR count). The average molecular weight is 510 g/mol. The van der Waals surface area contributed by atoms with Gasteiger partial charge in [0, 0.05) is 23.2 Å². The molecule has 36 heavy (non-hydrogen) atoms. The third-order valence-corrected chi connectivity index (χ3v) is 7.63. The van der Waals surface area contributed by atoms with E-state index in [2.05, 4.69) is 5.32 Å². The predicted molar refractivity (Wildman–Crippen MR) is 141 cm³/mol.